The van der Waals surface area contributed by atoms with Crippen molar-refractivity contribution in [3.63, 3.8) is 0 Å². The van der Waals surface area contributed by atoms with Crippen molar-refractivity contribution < 1.29 is 13.5 Å². The minimum Gasteiger partial charge on any atom is -0.448 e. The van der Waals surface area contributed by atoms with Crippen molar-refractivity contribution in [2.45, 2.75) is 20.5 Å². The quantitative estimate of drug-likeness (QED) is 0.353. The SMILES string of the molecule is Cc1nc(C#Cc2cccc3c2COCCN3c2nc3nnc(C)n3c3cccc(F)c23)co1. The number of aryl methyl sites for hydroxylation is 2. The molecule has 0 unspecified atom stereocenters. The molecule has 8 nitrogen and oxygen atoms in total. The summed E-state index contributed by atoms with van der Waals surface area (Å²) >= 11 is 0. The maximum absolute atomic E-state index is 15.2. The molecule has 9 heteroatoms. The fourth-order valence-corrected chi connectivity index (χ4v) is 4.29. The third kappa shape index (κ3) is 3.27. The summed E-state index contributed by atoms with van der Waals surface area (Å²) in [6, 6.07) is 10.8. The number of benzene rings is 2. The summed E-state index contributed by atoms with van der Waals surface area (Å²) in [5.41, 5.74) is 3.78. The lowest BCUT2D eigenvalue weighted by atomic mass is 10.0. The molecule has 5 aromatic rings. The van der Waals surface area contributed by atoms with E-state index in [1.54, 1.807) is 17.4 Å². The van der Waals surface area contributed by atoms with Crippen LogP contribution in [0.2, 0.25) is 0 Å². The lowest BCUT2D eigenvalue weighted by molar-refractivity contribution is 0.133. The third-order valence-corrected chi connectivity index (χ3v) is 5.82. The fourth-order valence-electron chi connectivity index (χ4n) is 4.29. The zero-order chi connectivity index (χ0) is 23.2. The Morgan fingerprint density at radius 1 is 1.03 bits per heavy atom. The summed E-state index contributed by atoms with van der Waals surface area (Å²) in [6.07, 6.45) is 1.53. The van der Waals surface area contributed by atoms with E-state index in [0.29, 0.717) is 59.7 Å². The molecule has 3 aromatic heterocycles. The van der Waals surface area contributed by atoms with Gasteiger partial charge in [0.2, 0.25) is 0 Å². The number of ether oxygens (including phenoxy) is 1. The first-order valence-corrected chi connectivity index (χ1v) is 10.8. The van der Waals surface area contributed by atoms with Gasteiger partial charge in [-0.15, -0.1) is 10.2 Å². The number of rotatable bonds is 1. The molecule has 0 saturated heterocycles. The van der Waals surface area contributed by atoms with Gasteiger partial charge in [0.25, 0.3) is 5.78 Å². The lowest BCUT2D eigenvalue weighted by Crippen LogP contribution is -2.23. The van der Waals surface area contributed by atoms with E-state index in [4.69, 9.17) is 14.1 Å². The second kappa shape index (κ2) is 7.93. The summed E-state index contributed by atoms with van der Waals surface area (Å²) in [5, 5.41) is 8.75. The third-order valence-electron chi connectivity index (χ3n) is 5.82. The molecule has 0 bridgehead atoms. The molecule has 1 aliphatic heterocycles. The van der Waals surface area contributed by atoms with Gasteiger partial charge in [0.15, 0.2) is 11.6 Å². The Morgan fingerprint density at radius 2 is 1.91 bits per heavy atom. The predicted molar refractivity (Wildman–Crippen MR) is 123 cm³/mol. The zero-order valence-corrected chi connectivity index (χ0v) is 18.5. The van der Waals surface area contributed by atoms with E-state index in [2.05, 4.69) is 27.0 Å². The van der Waals surface area contributed by atoms with Crippen LogP contribution in [-0.4, -0.2) is 37.7 Å². The van der Waals surface area contributed by atoms with Gasteiger partial charge in [-0.1, -0.05) is 18.1 Å². The number of hydrogen-bond donors (Lipinski definition) is 0. The smallest absolute Gasteiger partial charge is 0.257 e. The van der Waals surface area contributed by atoms with Crippen LogP contribution in [-0.2, 0) is 11.3 Å². The van der Waals surface area contributed by atoms with Crippen molar-refractivity contribution in [1.29, 1.82) is 0 Å². The topological polar surface area (TPSA) is 81.6 Å². The second-order valence-electron chi connectivity index (χ2n) is 7.96. The van der Waals surface area contributed by atoms with Crippen molar-refractivity contribution >= 4 is 28.2 Å². The maximum Gasteiger partial charge on any atom is 0.257 e. The second-order valence-corrected chi connectivity index (χ2v) is 7.96. The highest BCUT2D eigenvalue weighted by molar-refractivity contribution is 5.94. The van der Waals surface area contributed by atoms with Crippen LogP contribution in [0.1, 0.15) is 28.5 Å². The Balaban J connectivity index is 1.56. The van der Waals surface area contributed by atoms with E-state index in [9.17, 15) is 0 Å². The molecule has 0 amide bonds. The van der Waals surface area contributed by atoms with Crippen molar-refractivity contribution in [3.8, 4) is 11.8 Å². The monoisotopic (exact) mass is 454 g/mol. The van der Waals surface area contributed by atoms with Gasteiger partial charge in [0, 0.05) is 30.3 Å². The first-order valence-electron chi connectivity index (χ1n) is 10.8. The van der Waals surface area contributed by atoms with Crippen LogP contribution in [0, 0.1) is 31.5 Å². The Kier molecular flexibility index (Phi) is 4.74. The molecule has 0 spiro atoms. The standard InChI is InChI=1S/C25H19FN6O2/c1-15-29-30-25-28-24(23-20(26)6-4-8-22(23)32(15)25)31-11-12-33-14-19-17(5-3-7-21(19)31)9-10-18-13-34-16(2)27-18/h3-8,13H,11-12,14H2,1-2H3. The molecule has 168 valence electrons. The molecule has 0 fully saturated rings. The number of hydrogen-bond acceptors (Lipinski definition) is 7. The molecule has 0 atom stereocenters. The lowest BCUT2D eigenvalue weighted by Gasteiger charge is -2.25. The van der Waals surface area contributed by atoms with E-state index in [1.165, 1.54) is 12.3 Å². The van der Waals surface area contributed by atoms with Crippen molar-refractivity contribution in [3.05, 3.63) is 77.0 Å². The Labute approximate surface area is 194 Å². The first kappa shape index (κ1) is 20.3. The molecule has 0 aliphatic carbocycles. The van der Waals surface area contributed by atoms with Gasteiger partial charge in [-0.25, -0.2) is 9.37 Å². The Morgan fingerprint density at radius 3 is 2.76 bits per heavy atom. The average Bonchev–Trinajstić information content (AvgIpc) is 3.35. The highest BCUT2D eigenvalue weighted by Gasteiger charge is 2.25. The van der Waals surface area contributed by atoms with Crippen LogP contribution in [0.15, 0.2) is 47.1 Å². The number of nitrogens with zero attached hydrogens (tertiary/aromatic N) is 6. The van der Waals surface area contributed by atoms with E-state index in [1.807, 2.05) is 36.1 Å². The van der Waals surface area contributed by atoms with E-state index >= 15 is 4.39 Å². The van der Waals surface area contributed by atoms with Crippen LogP contribution in [0.25, 0.3) is 16.7 Å². The van der Waals surface area contributed by atoms with Gasteiger partial charge in [0.1, 0.15) is 23.7 Å². The minimum atomic E-state index is -0.362. The van der Waals surface area contributed by atoms with Gasteiger partial charge in [-0.3, -0.25) is 4.40 Å². The van der Waals surface area contributed by atoms with E-state index < -0.39 is 0 Å². The Bertz CT molecular complexity index is 1630. The molecular formula is C25H19FN6O2. The predicted octanol–water partition coefficient (Wildman–Crippen LogP) is 4.09. The molecule has 0 saturated carbocycles. The normalized spacial score (nSPS) is 13.6. The molecule has 0 radical (unpaired) electrons. The number of fused-ring (bicyclic) bond motifs is 4. The van der Waals surface area contributed by atoms with Crippen molar-refractivity contribution in [1.82, 2.24) is 24.6 Å². The van der Waals surface area contributed by atoms with E-state index in [0.717, 1.165) is 16.8 Å². The van der Waals surface area contributed by atoms with Crippen molar-refractivity contribution in [2.24, 2.45) is 0 Å². The molecule has 6 rings (SSSR count). The van der Waals surface area contributed by atoms with Gasteiger partial charge in [0.05, 0.1) is 24.1 Å². The van der Waals surface area contributed by atoms with Crippen LogP contribution in [0.4, 0.5) is 15.9 Å². The number of anilines is 2. The first-order chi connectivity index (χ1) is 16.6. The molecule has 34 heavy (non-hydrogen) atoms. The highest BCUT2D eigenvalue weighted by atomic mass is 19.1. The van der Waals surface area contributed by atoms with Crippen LogP contribution in [0.3, 0.4) is 0 Å². The van der Waals surface area contributed by atoms with Crippen LogP contribution < -0.4 is 4.90 Å². The summed E-state index contributed by atoms with van der Waals surface area (Å²) in [7, 11) is 0. The average molecular weight is 454 g/mol. The van der Waals surface area contributed by atoms with Gasteiger partial charge in [-0.2, -0.15) is 4.98 Å². The summed E-state index contributed by atoms with van der Waals surface area (Å²) in [5.74, 6) is 7.95. The number of aromatic nitrogens is 5. The van der Waals surface area contributed by atoms with Gasteiger partial charge < -0.3 is 14.1 Å². The zero-order valence-electron chi connectivity index (χ0n) is 18.5. The fraction of sp³-hybridized carbons (Fsp3) is 0.200. The Hall–Kier alpha value is -4.29. The van der Waals surface area contributed by atoms with Gasteiger partial charge in [-0.05, 0) is 37.1 Å². The molecule has 4 heterocycles. The number of halogens is 1. The summed E-state index contributed by atoms with van der Waals surface area (Å²) in [4.78, 5) is 11.0. The van der Waals surface area contributed by atoms with Crippen molar-refractivity contribution in [2.75, 3.05) is 18.1 Å². The van der Waals surface area contributed by atoms with Crippen LogP contribution >= 0.6 is 0 Å². The molecule has 1 aliphatic rings. The molecule has 0 N–H and O–H groups in total. The molecular weight excluding hydrogens is 435 g/mol. The van der Waals surface area contributed by atoms with Gasteiger partial charge >= 0.3 is 0 Å². The van der Waals surface area contributed by atoms with Crippen LogP contribution in [0.5, 0.6) is 0 Å². The summed E-state index contributed by atoms with van der Waals surface area (Å²) in [6.45, 7) is 4.91. The molecule has 2 aromatic carbocycles. The summed E-state index contributed by atoms with van der Waals surface area (Å²) < 4.78 is 28.2. The largest absolute Gasteiger partial charge is 0.448 e. The minimum absolute atomic E-state index is 0.362. The number of oxazole rings is 1. The highest BCUT2D eigenvalue weighted by Crippen LogP contribution is 2.37. The van der Waals surface area contributed by atoms with E-state index in [-0.39, 0.29) is 5.82 Å². The maximum atomic E-state index is 15.2.